The molecule has 1 unspecified atom stereocenters. The Hall–Kier alpha value is -0.0400. The molecule has 58 valence electrons. The van der Waals surface area contributed by atoms with E-state index in [4.69, 9.17) is 4.52 Å². The highest BCUT2D eigenvalue weighted by atomic mass is 32.7. The second-order valence-corrected chi connectivity index (χ2v) is 5.98. The van der Waals surface area contributed by atoms with Crippen molar-refractivity contribution in [1.82, 2.24) is 0 Å². The Morgan fingerprint density at radius 1 is 1.27 bits per heavy atom. The van der Waals surface area contributed by atoms with Crippen LogP contribution in [0.3, 0.4) is 0 Å². The van der Waals surface area contributed by atoms with E-state index in [0.717, 1.165) is 12.4 Å². The van der Waals surface area contributed by atoms with Crippen molar-refractivity contribution >= 4 is 24.0 Å². The van der Waals surface area contributed by atoms with Gasteiger partial charge in [-0.3, -0.25) is 0 Å². The molecule has 1 fully saturated rings. The first-order chi connectivity index (χ1) is 5.47. The van der Waals surface area contributed by atoms with Gasteiger partial charge in [0.1, 0.15) is 7.35 Å². The standard InChI is InChI=1S/C8H9OPS/c1-2-4-8(5-3-1)10-9-6-7-11-10/h1-5H,6-7H2. The summed E-state index contributed by atoms with van der Waals surface area (Å²) in [6.07, 6.45) is 0. The summed E-state index contributed by atoms with van der Waals surface area (Å²) in [6, 6.07) is 10.5. The van der Waals surface area contributed by atoms with Gasteiger partial charge in [0.25, 0.3) is 0 Å². The minimum absolute atomic E-state index is 0.324. The fraction of sp³-hybridized carbons (Fsp3) is 0.250. The summed E-state index contributed by atoms with van der Waals surface area (Å²) in [7, 11) is -0.324. The normalized spacial score (nSPS) is 23.8. The summed E-state index contributed by atoms with van der Waals surface area (Å²) in [4.78, 5) is 0. The Labute approximate surface area is 71.7 Å². The van der Waals surface area contributed by atoms with E-state index in [1.54, 1.807) is 0 Å². The van der Waals surface area contributed by atoms with Crippen LogP contribution >= 0.6 is 18.7 Å². The summed E-state index contributed by atoms with van der Waals surface area (Å²) in [6.45, 7) is 0.922. The molecule has 1 atom stereocenters. The maximum Gasteiger partial charge on any atom is 0.121 e. The molecule has 1 aliphatic rings. The zero-order valence-corrected chi connectivity index (χ0v) is 7.78. The average Bonchev–Trinajstić information content (AvgIpc) is 2.58. The Kier molecular flexibility index (Phi) is 2.47. The van der Waals surface area contributed by atoms with Crippen molar-refractivity contribution in [1.29, 1.82) is 0 Å². The first-order valence-corrected chi connectivity index (χ1v) is 6.43. The second-order valence-electron chi connectivity index (χ2n) is 2.26. The number of hydrogen-bond acceptors (Lipinski definition) is 2. The predicted octanol–water partition coefficient (Wildman–Crippen LogP) is 2.39. The van der Waals surface area contributed by atoms with Crippen molar-refractivity contribution in [3.05, 3.63) is 30.3 Å². The van der Waals surface area contributed by atoms with Crippen LogP contribution in [-0.2, 0) is 4.52 Å². The van der Waals surface area contributed by atoms with Crippen LogP contribution in [0.25, 0.3) is 0 Å². The lowest BCUT2D eigenvalue weighted by molar-refractivity contribution is 0.404. The predicted molar refractivity (Wildman–Crippen MR) is 51.4 cm³/mol. The molecule has 2 rings (SSSR count). The molecule has 0 amide bonds. The van der Waals surface area contributed by atoms with Gasteiger partial charge in [-0.2, -0.15) is 0 Å². The van der Waals surface area contributed by atoms with Gasteiger partial charge in [0.05, 0.1) is 6.61 Å². The molecule has 1 aromatic rings. The molecule has 1 nitrogen and oxygen atoms in total. The van der Waals surface area contributed by atoms with E-state index in [9.17, 15) is 0 Å². The Morgan fingerprint density at radius 3 is 2.73 bits per heavy atom. The fourth-order valence-corrected chi connectivity index (χ4v) is 4.45. The van der Waals surface area contributed by atoms with Crippen LogP contribution in [0.1, 0.15) is 0 Å². The van der Waals surface area contributed by atoms with Crippen LogP contribution in [-0.4, -0.2) is 12.4 Å². The SMILES string of the molecule is c1ccc(P2OCCS2)cc1. The van der Waals surface area contributed by atoms with Crippen molar-refractivity contribution in [3.8, 4) is 0 Å². The van der Waals surface area contributed by atoms with E-state index in [1.165, 1.54) is 5.30 Å². The summed E-state index contributed by atoms with van der Waals surface area (Å²) in [5.74, 6) is 1.15. The highest BCUT2D eigenvalue weighted by molar-refractivity contribution is 8.56. The van der Waals surface area contributed by atoms with E-state index in [0.29, 0.717) is 0 Å². The van der Waals surface area contributed by atoms with Gasteiger partial charge >= 0.3 is 0 Å². The summed E-state index contributed by atoms with van der Waals surface area (Å²) in [5.41, 5.74) is 0. The smallest absolute Gasteiger partial charge is 0.121 e. The summed E-state index contributed by atoms with van der Waals surface area (Å²) >= 11 is 1.94. The summed E-state index contributed by atoms with van der Waals surface area (Å²) in [5, 5.41) is 1.35. The molecule has 0 aliphatic carbocycles. The third-order valence-corrected chi connectivity index (χ3v) is 5.39. The Balaban J connectivity index is 2.16. The van der Waals surface area contributed by atoms with Gasteiger partial charge in [-0.1, -0.05) is 41.7 Å². The molecule has 1 heterocycles. The molecular formula is C8H9OPS. The molecule has 1 saturated heterocycles. The van der Waals surface area contributed by atoms with Crippen molar-refractivity contribution in [2.45, 2.75) is 0 Å². The lowest BCUT2D eigenvalue weighted by Crippen LogP contribution is -1.95. The molecule has 11 heavy (non-hydrogen) atoms. The molecule has 0 aromatic heterocycles. The monoisotopic (exact) mass is 184 g/mol. The molecular weight excluding hydrogens is 175 g/mol. The third-order valence-electron chi connectivity index (χ3n) is 1.47. The van der Waals surface area contributed by atoms with Crippen molar-refractivity contribution < 1.29 is 4.52 Å². The van der Waals surface area contributed by atoms with E-state index in [1.807, 2.05) is 17.4 Å². The van der Waals surface area contributed by atoms with E-state index in [-0.39, 0.29) is 7.35 Å². The first kappa shape index (κ1) is 7.60. The molecule has 0 saturated carbocycles. The van der Waals surface area contributed by atoms with E-state index in [2.05, 4.69) is 24.3 Å². The second kappa shape index (κ2) is 3.57. The van der Waals surface area contributed by atoms with Crippen LogP contribution in [0, 0.1) is 0 Å². The number of benzene rings is 1. The number of rotatable bonds is 1. The zero-order chi connectivity index (χ0) is 7.52. The van der Waals surface area contributed by atoms with Crippen molar-refractivity contribution in [2.75, 3.05) is 12.4 Å². The van der Waals surface area contributed by atoms with Crippen molar-refractivity contribution in [3.63, 3.8) is 0 Å². The minimum atomic E-state index is -0.324. The molecule has 0 N–H and O–H groups in total. The molecule has 3 heteroatoms. The highest BCUT2D eigenvalue weighted by Gasteiger charge is 2.17. The third kappa shape index (κ3) is 1.76. The van der Waals surface area contributed by atoms with E-state index >= 15 is 0 Å². The Morgan fingerprint density at radius 2 is 2.09 bits per heavy atom. The van der Waals surface area contributed by atoms with Crippen LogP contribution in [0.2, 0.25) is 0 Å². The highest BCUT2D eigenvalue weighted by Crippen LogP contribution is 2.53. The van der Waals surface area contributed by atoms with Crippen LogP contribution in [0.15, 0.2) is 30.3 Å². The lowest BCUT2D eigenvalue weighted by Gasteiger charge is -2.06. The molecule has 1 aliphatic heterocycles. The van der Waals surface area contributed by atoms with Gasteiger partial charge < -0.3 is 4.52 Å². The van der Waals surface area contributed by atoms with Gasteiger partial charge in [0.2, 0.25) is 0 Å². The lowest BCUT2D eigenvalue weighted by atomic mass is 10.4. The fourth-order valence-electron chi connectivity index (χ4n) is 0.976. The van der Waals surface area contributed by atoms with E-state index < -0.39 is 0 Å². The maximum absolute atomic E-state index is 5.57. The van der Waals surface area contributed by atoms with Gasteiger partial charge in [-0.15, -0.1) is 0 Å². The van der Waals surface area contributed by atoms with Gasteiger partial charge in [0.15, 0.2) is 0 Å². The molecule has 0 spiro atoms. The van der Waals surface area contributed by atoms with Crippen molar-refractivity contribution in [2.24, 2.45) is 0 Å². The van der Waals surface area contributed by atoms with Gasteiger partial charge in [0, 0.05) is 11.1 Å². The molecule has 0 bridgehead atoms. The average molecular weight is 184 g/mol. The first-order valence-electron chi connectivity index (χ1n) is 3.58. The maximum atomic E-state index is 5.57. The van der Waals surface area contributed by atoms with Gasteiger partial charge in [-0.25, -0.2) is 0 Å². The van der Waals surface area contributed by atoms with Gasteiger partial charge in [-0.05, 0) is 0 Å². The summed E-state index contributed by atoms with van der Waals surface area (Å²) < 4.78 is 5.57. The topological polar surface area (TPSA) is 9.23 Å². The largest absolute Gasteiger partial charge is 0.343 e. The minimum Gasteiger partial charge on any atom is -0.343 e. The Bertz CT molecular complexity index is 221. The van der Waals surface area contributed by atoms with Crippen LogP contribution < -0.4 is 5.30 Å². The van der Waals surface area contributed by atoms with Crippen LogP contribution in [0.4, 0.5) is 0 Å². The molecule has 0 radical (unpaired) electrons. The zero-order valence-electron chi connectivity index (χ0n) is 6.06. The number of hydrogen-bond donors (Lipinski definition) is 0. The van der Waals surface area contributed by atoms with Crippen LogP contribution in [0.5, 0.6) is 0 Å². The molecule has 1 aromatic carbocycles. The quantitative estimate of drug-likeness (QED) is 0.620.